The fraction of sp³-hybridized carbons (Fsp3) is 0.480. The van der Waals surface area contributed by atoms with Gasteiger partial charge in [-0.05, 0) is 37.5 Å². The van der Waals surface area contributed by atoms with Crippen molar-refractivity contribution in [2.75, 3.05) is 25.1 Å². The lowest BCUT2D eigenvalue weighted by Gasteiger charge is -2.17. The summed E-state index contributed by atoms with van der Waals surface area (Å²) >= 11 is 0. The van der Waals surface area contributed by atoms with Crippen molar-refractivity contribution >= 4 is 23.7 Å². The lowest BCUT2D eigenvalue weighted by Crippen LogP contribution is -2.36. The van der Waals surface area contributed by atoms with Crippen molar-refractivity contribution in [3.8, 4) is 5.75 Å². The maximum absolute atomic E-state index is 12.3. The summed E-state index contributed by atoms with van der Waals surface area (Å²) in [7, 11) is 0. The molecule has 39 heavy (non-hydrogen) atoms. The number of unbranched alkanes of at least 4 members (excludes halogenated alkanes) is 1. The zero-order chi connectivity index (χ0) is 28.4. The Labute approximate surface area is 222 Å². The van der Waals surface area contributed by atoms with Crippen LogP contribution in [0.5, 0.6) is 5.75 Å². The molecule has 14 nitrogen and oxygen atoms in total. The Balaban J connectivity index is 1.29. The van der Waals surface area contributed by atoms with Crippen LogP contribution in [-0.4, -0.2) is 86.0 Å². The molecule has 0 spiro atoms. The minimum Gasteiger partial charge on any atom is -0.507 e. The topological polar surface area (TPSA) is 207 Å². The molecular weight excluding hydrogens is 518 g/mol. The number of benzene rings is 1. The summed E-state index contributed by atoms with van der Waals surface area (Å²) in [5.41, 5.74) is -0.775. The summed E-state index contributed by atoms with van der Waals surface area (Å²) < 4.78 is 16.4. The normalized spacial score (nSPS) is 20.4. The number of aromatic nitrogens is 2. The molecule has 1 amide bonds. The van der Waals surface area contributed by atoms with Crippen LogP contribution in [0, 0.1) is 0 Å². The smallest absolute Gasteiger partial charge is 0.351 e. The molecule has 1 aliphatic rings. The molecule has 1 aliphatic heterocycles. The number of hydrogen-bond acceptors (Lipinski definition) is 12. The van der Waals surface area contributed by atoms with Gasteiger partial charge in [0.2, 0.25) is 5.91 Å². The van der Waals surface area contributed by atoms with Crippen molar-refractivity contribution in [3.05, 3.63) is 52.6 Å². The number of aromatic hydroxyl groups is 1. The first-order valence-corrected chi connectivity index (χ1v) is 12.3. The highest BCUT2D eigenvalue weighted by Gasteiger charge is 2.43. The minimum absolute atomic E-state index is 0.00400. The predicted molar refractivity (Wildman–Crippen MR) is 133 cm³/mol. The van der Waals surface area contributed by atoms with Crippen LogP contribution < -0.4 is 11.0 Å². The number of aliphatic hydroxyl groups excluding tert-OH is 3. The first-order chi connectivity index (χ1) is 18.7. The van der Waals surface area contributed by atoms with Gasteiger partial charge in [0.05, 0.1) is 19.8 Å². The zero-order valence-corrected chi connectivity index (χ0v) is 21.0. The quantitative estimate of drug-likeness (QED) is 0.163. The number of rotatable bonds is 13. The molecule has 2 heterocycles. The first-order valence-electron chi connectivity index (χ1n) is 12.3. The number of hydrogen-bond donors (Lipinski definition) is 5. The van der Waals surface area contributed by atoms with Gasteiger partial charge in [0.15, 0.2) is 6.23 Å². The van der Waals surface area contributed by atoms with E-state index in [1.54, 1.807) is 12.1 Å². The minimum atomic E-state index is -1.45. The molecule has 14 heteroatoms. The highest BCUT2D eigenvalue weighted by molar-refractivity contribution is 5.92. The van der Waals surface area contributed by atoms with Crippen molar-refractivity contribution in [1.82, 2.24) is 9.55 Å². The van der Waals surface area contributed by atoms with Gasteiger partial charge < -0.3 is 40.0 Å². The van der Waals surface area contributed by atoms with Gasteiger partial charge in [-0.25, -0.2) is 9.59 Å². The van der Waals surface area contributed by atoms with Gasteiger partial charge >= 0.3 is 17.6 Å². The van der Waals surface area contributed by atoms with Crippen LogP contribution in [-0.2, 0) is 23.8 Å². The van der Waals surface area contributed by atoms with Crippen molar-refractivity contribution in [2.45, 2.75) is 56.6 Å². The van der Waals surface area contributed by atoms with E-state index in [2.05, 4.69) is 10.3 Å². The molecule has 0 saturated carbocycles. The summed E-state index contributed by atoms with van der Waals surface area (Å²) in [4.78, 5) is 51.9. The lowest BCUT2D eigenvalue weighted by molar-refractivity contribution is -0.144. The van der Waals surface area contributed by atoms with E-state index in [0.29, 0.717) is 12.8 Å². The third-order valence-electron chi connectivity index (χ3n) is 5.83. The first kappa shape index (κ1) is 29.7. The number of phenolic OH excluding ortho intramolecular Hbond substituents is 1. The average molecular weight is 550 g/mol. The number of carbonyl (C=O) groups excluding carboxylic acids is 3. The number of nitrogens with zero attached hydrogens (tertiary/aromatic N) is 2. The number of aliphatic hydroxyl groups is 3. The Morgan fingerprint density at radius 3 is 2.38 bits per heavy atom. The zero-order valence-electron chi connectivity index (χ0n) is 21.0. The highest BCUT2D eigenvalue weighted by atomic mass is 16.6. The molecule has 1 aromatic heterocycles. The van der Waals surface area contributed by atoms with Crippen LogP contribution in [0.3, 0.4) is 0 Å². The number of ether oxygens (including phenoxy) is 3. The number of nitrogens with one attached hydrogen (secondary N) is 1. The molecule has 3 rings (SSSR count). The van der Waals surface area contributed by atoms with Crippen LogP contribution in [0.15, 0.2) is 41.3 Å². The van der Waals surface area contributed by atoms with Crippen molar-refractivity contribution in [3.63, 3.8) is 0 Å². The molecule has 4 atom stereocenters. The third-order valence-corrected chi connectivity index (χ3v) is 5.83. The maximum atomic E-state index is 12.3. The van der Waals surface area contributed by atoms with Crippen LogP contribution in [0.1, 0.15) is 48.7 Å². The average Bonchev–Trinajstić information content (AvgIpc) is 3.19. The van der Waals surface area contributed by atoms with Gasteiger partial charge in [-0.2, -0.15) is 4.98 Å². The van der Waals surface area contributed by atoms with Crippen LogP contribution in [0.25, 0.3) is 0 Å². The molecule has 5 N–H and O–H groups in total. The van der Waals surface area contributed by atoms with Crippen molar-refractivity contribution < 1.29 is 49.0 Å². The number of anilines is 1. The summed E-state index contributed by atoms with van der Waals surface area (Å²) in [6.45, 7) is -0.324. The lowest BCUT2D eigenvalue weighted by atomic mass is 10.1. The molecule has 0 radical (unpaired) electrons. The highest BCUT2D eigenvalue weighted by Crippen LogP contribution is 2.28. The van der Waals surface area contributed by atoms with Crippen LogP contribution in [0.4, 0.5) is 5.82 Å². The second kappa shape index (κ2) is 14.3. The SMILES string of the molecule is O=C(CCCC(=O)OCCCCOC(=O)c1ccccc1O)Nc1ccn([C@@H]2O[C@H](CO)[C@@H](O)[C@@H]2O)c(=O)n1. The number of amides is 1. The molecule has 2 aromatic rings. The number of carbonyl (C=O) groups is 3. The second-order valence-corrected chi connectivity index (χ2v) is 8.71. The van der Waals surface area contributed by atoms with E-state index in [1.807, 2.05) is 0 Å². The van der Waals surface area contributed by atoms with Gasteiger partial charge in [-0.15, -0.1) is 0 Å². The maximum Gasteiger partial charge on any atom is 0.351 e. The summed E-state index contributed by atoms with van der Waals surface area (Å²) in [6, 6.07) is 7.34. The van der Waals surface area contributed by atoms with E-state index in [1.165, 1.54) is 24.4 Å². The molecule has 0 aliphatic carbocycles. The van der Waals surface area contributed by atoms with E-state index in [0.717, 1.165) is 4.57 Å². The van der Waals surface area contributed by atoms with Gasteiger partial charge in [0.1, 0.15) is 35.4 Å². The van der Waals surface area contributed by atoms with Gasteiger partial charge in [0, 0.05) is 19.0 Å². The fourth-order valence-electron chi connectivity index (χ4n) is 3.74. The van der Waals surface area contributed by atoms with Crippen LogP contribution in [0.2, 0.25) is 0 Å². The van der Waals surface area contributed by atoms with Gasteiger partial charge in [-0.1, -0.05) is 12.1 Å². The van der Waals surface area contributed by atoms with E-state index < -0.39 is 54.7 Å². The second-order valence-electron chi connectivity index (χ2n) is 8.71. The largest absolute Gasteiger partial charge is 0.507 e. The standard InChI is InChI=1S/C25H31N3O11/c29-14-17-21(33)22(34)23(39-17)28-11-10-18(27-25(28)36)26-19(31)8-5-9-20(32)37-12-3-4-13-38-24(35)15-6-1-2-7-16(15)30/h1-2,6-7,10-11,17,21-23,29-30,33-34H,3-5,8-9,12-14H2,(H,26,27,31,36)/t17-,21-,22+,23-/m1/s1. The van der Waals surface area contributed by atoms with Crippen molar-refractivity contribution in [1.29, 1.82) is 0 Å². The Bertz CT molecular complexity index is 1200. The number of phenols is 1. The molecule has 0 bridgehead atoms. The van der Waals surface area contributed by atoms with Gasteiger partial charge in [0.25, 0.3) is 0 Å². The summed E-state index contributed by atoms with van der Waals surface area (Å²) in [5, 5.41) is 41.1. The molecular formula is C25H31N3O11. The summed E-state index contributed by atoms with van der Waals surface area (Å²) in [6.07, 6.45) is -2.82. The van der Waals surface area contributed by atoms with E-state index in [-0.39, 0.29) is 49.6 Å². The number of para-hydroxylation sites is 1. The summed E-state index contributed by atoms with van der Waals surface area (Å²) in [5.74, 6) is -1.82. The third kappa shape index (κ3) is 8.32. The Kier molecular flexibility index (Phi) is 10.9. The molecule has 0 unspecified atom stereocenters. The van der Waals surface area contributed by atoms with Crippen LogP contribution >= 0.6 is 0 Å². The van der Waals surface area contributed by atoms with E-state index in [4.69, 9.17) is 14.2 Å². The molecule has 1 saturated heterocycles. The fourth-order valence-corrected chi connectivity index (χ4v) is 3.74. The Hall–Kier alpha value is -3.85. The number of esters is 2. The van der Waals surface area contributed by atoms with E-state index >= 15 is 0 Å². The molecule has 212 valence electrons. The Morgan fingerprint density at radius 2 is 1.72 bits per heavy atom. The molecule has 1 fully saturated rings. The van der Waals surface area contributed by atoms with Gasteiger partial charge in [-0.3, -0.25) is 14.2 Å². The van der Waals surface area contributed by atoms with Crippen molar-refractivity contribution in [2.24, 2.45) is 0 Å². The monoisotopic (exact) mass is 549 g/mol. The molecule has 1 aromatic carbocycles. The Morgan fingerprint density at radius 1 is 1.00 bits per heavy atom. The van der Waals surface area contributed by atoms with E-state index in [9.17, 15) is 39.6 Å². The predicted octanol–water partition coefficient (Wildman–Crippen LogP) is -0.150.